The van der Waals surface area contributed by atoms with Crippen molar-refractivity contribution in [2.75, 3.05) is 19.5 Å². The number of benzene rings is 3. The number of nitrogen functional groups attached to an aromatic ring is 1. The summed E-state index contributed by atoms with van der Waals surface area (Å²) in [6, 6.07) is 21.4. The van der Waals surface area contributed by atoms with Crippen LogP contribution in [0.25, 0.3) is 0 Å². The summed E-state index contributed by atoms with van der Waals surface area (Å²) >= 11 is 0. The molecule has 0 spiro atoms. The van der Waals surface area contributed by atoms with Crippen LogP contribution in [0.5, 0.6) is 11.5 Å². The van der Waals surface area contributed by atoms with E-state index in [-0.39, 0.29) is 24.1 Å². The molecule has 3 rings (SSSR count). The number of hydrogen-bond donors (Lipinski definition) is 4. The number of methoxy groups -OCH3 is 2. The molecule has 168 valence electrons. The van der Waals surface area contributed by atoms with Crippen LogP contribution in [0.2, 0.25) is 0 Å². The van der Waals surface area contributed by atoms with E-state index in [1.54, 1.807) is 56.7 Å². The fraction of sp³-hybridized carbons (Fsp3) is 0.167. The van der Waals surface area contributed by atoms with E-state index in [0.29, 0.717) is 34.9 Å². The minimum Gasteiger partial charge on any atom is -0.497 e. The molecule has 7 nitrogen and oxygen atoms in total. The molecule has 0 aromatic heterocycles. The quantitative estimate of drug-likeness (QED) is 0.290. The van der Waals surface area contributed by atoms with E-state index >= 15 is 0 Å². The zero-order chi connectivity index (χ0) is 22.2. The Morgan fingerprint density at radius 1 is 0.969 bits per heavy atom. The largest absolute Gasteiger partial charge is 0.497 e. The maximum atomic E-state index is 13.2. The summed E-state index contributed by atoms with van der Waals surface area (Å²) in [4.78, 5) is 13.2. The van der Waals surface area contributed by atoms with Crippen LogP contribution in [0, 0.1) is 5.41 Å². The number of carbonyl (C=O) groups is 1. The zero-order valence-electron chi connectivity index (χ0n) is 17.9. The molecule has 0 heterocycles. The molecular formula is C24H27ClN4O3. The standard InChI is InChI=1S/C24H26N4O3.ClH/c1-30-20-12-18(13-21(14-20)31-2)22(24(29)27-15-16-6-4-3-5-7-16)28-19-10-8-17(9-11-19)23(25)26;/h3-14,22,28H,15H2,1-2H3,(H3,25,26)(H,27,29);1H/t22-;/m1./s1. The van der Waals surface area contributed by atoms with Crippen molar-refractivity contribution in [2.45, 2.75) is 12.6 Å². The number of ether oxygens (including phenoxy) is 2. The van der Waals surface area contributed by atoms with Crippen LogP contribution in [0.4, 0.5) is 5.69 Å². The predicted octanol–water partition coefficient (Wildman–Crippen LogP) is 3.88. The maximum absolute atomic E-state index is 13.2. The van der Waals surface area contributed by atoms with Gasteiger partial charge in [-0.25, -0.2) is 0 Å². The van der Waals surface area contributed by atoms with Gasteiger partial charge >= 0.3 is 0 Å². The number of carbonyl (C=O) groups excluding carboxylic acids is 1. The van der Waals surface area contributed by atoms with Crippen molar-refractivity contribution in [1.29, 1.82) is 5.41 Å². The molecule has 0 saturated heterocycles. The molecule has 3 aromatic carbocycles. The molecule has 1 atom stereocenters. The monoisotopic (exact) mass is 454 g/mol. The maximum Gasteiger partial charge on any atom is 0.247 e. The molecule has 0 aliphatic carbocycles. The molecule has 0 saturated carbocycles. The van der Waals surface area contributed by atoms with E-state index in [2.05, 4.69) is 10.6 Å². The van der Waals surface area contributed by atoms with Gasteiger partial charge in [0.2, 0.25) is 5.91 Å². The first-order chi connectivity index (χ1) is 15.0. The fourth-order valence-electron chi connectivity index (χ4n) is 3.10. The van der Waals surface area contributed by atoms with Crippen LogP contribution < -0.4 is 25.8 Å². The van der Waals surface area contributed by atoms with E-state index < -0.39 is 6.04 Å². The van der Waals surface area contributed by atoms with E-state index in [1.165, 1.54) is 0 Å². The lowest BCUT2D eigenvalue weighted by Gasteiger charge is -2.21. The van der Waals surface area contributed by atoms with E-state index in [1.807, 2.05) is 30.3 Å². The summed E-state index contributed by atoms with van der Waals surface area (Å²) < 4.78 is 10.7. The highest BCUT2D eigenvalue weighted by Gasteiger charge is 2.22. The minimum absolute atomic E-state index is 0. The molecule has 3 aromatic rings. The lowest BCUT2D eigenvalue weighted by Crippen LogP contribution is -2.33. The van der Waals surface area contributed by atoms with E-state index in [9.17, 15) is 4.79 Å². The van der Waals surface area contributed by atoms with Gasteiger partial charge in [-0.2, -0.15) is 0 Å². The highest BCUT2D eigenvalue weighted by atomic mass is 35.5. The van der Waals surface area contributed by atoms with Gasteiger partial charge in [0.15, 0.2) is 0 Å². The average molecular weight is 455 g/mol. The molecule has 0 aliphatic heterocycles. The van der Waals surface area contributed by atoms with Crippen LogP contribution in [0.1, 0.15) is 22.7 Å². The number of amides is 1. The smallest absolute Gasteiger partial charge is 0.247 e. The summed E-state index contributed by atoms with van der Waals surface area (Å²) in [6.45, 7) is 0.405. The number of rotatable bonds is 9. The van der Waals surface area contributed by atoms with Gasteiger partial charge in [0.25, 0.3) is 0 Å². The van der Waals surface area contributed by atoms with Gasteiger partial charge in [0, 0.05) is 23.9 Å². The van der Waals surface area contributed by atoms with Crippen molar-refractivity contribution < 1.29 is 14.3 Å². The number of amidine groups is 1. The second kappa shape index (κ2) is 11.6. The third kappa shape index (κ3) is 6.39. The number of hydrogen-bond acceptors (Lipinski definition) is 5. The number of nitrogens with one attached hydrogen (secondary N) is 3. The molecule has 0 fully saturated rings. The van der Waals surface area contributed by atoms with E-state index in [0.717, 1.165) is 5.56 Å². The topological polar surface area (TPSA) is 109 Å². The van der Waals surface area contributed by atoms with Gasteiger partial charge in [-0.3, -0.25) is 10.2 Å². The van der Waals surface area contributed by atoms with Gasteiger partial charge in [0.1, 0.15) is 23.4 Å². The van der Waals surface area contributed by atoms with Gasteiger partial charge in [-0.15, -0.1) is 12.4 Å². The Balaban J connectivity index is 0.00000363. The van der Waals surface area contributed by atoms with Gasteiger partial charge < -0.3 is 25.8 Å². The summed E-state index contributed by atoms with van der Waals surface area (Å²) in [5.74, 6) is 0.962. The van der Waals surface area contributed by atoms with Crippen LogP contribution >= 0.6 is 12.4 Å². The molecule has 0 bridgehead atoms. The Hall–Kier alpha value is -3.71. The lowest BCUT2D eigenvalue weighted by molar-refractivity contribution is -0.122. The first-order valence-corrected chi connectivity index (χ1v) is 9.75. The average Bonchev–Trinajstić information content (AvgIpc) is 2.81. The molecule has 1 amide bonds. The van der Waals surface area contributed by atoms with E-state index in [4.69, 9.17) is 20.6 Å². The Morgan fingerprint density at radius 2 is 1.56 bits per heavy atom. The minimum atomic E-state index is -0.698. The van der Waals surface area contributed by atoms with Crippen molar-refractivity contribution in [2.24, 2.45) is 5.73 Å². The SMILES string of the molecule is COc1cc(OC)cc([C@@H](Nc2ccc(C(=N)N)cc2)C(=O)NCc2ccccc2)c1.Cl. The Bertz CT molecular complexity index is 1020. The van der Waals surface area contributed by atoms with Crippen LogP contribution in [-0.4, -0.2) is 26.0 Å². The lowest BCUT2D eigenvalue weighted by atomic mass is 10.0. The molecule has 5 N–H and O–H groups in total. The number of anilines is 1. The zero-order valence-corrected chi connectivity index (χ0v) is 18.7. The first-order valence-electron chi connectivity index (χ1n) is 9.75. The van der Waals surface area contributed by atoms with Crippen LogP contribution in [0.3, 0.4) is 0 Å². The molecule has 0 radical (unpaired) electrons. The molecule has 0 aliphatic rings. The first kappa shape index (κ1) is 24.6. The third-order valence-electron chi connectivity index (χ3n) is 4.79. The molecule has 32 heavy (non-hydrogen) atoms. The van der Waals surface area contributed by atoms with Gasteiger partial charge in [-0.05, 0) is 47.5 Å². The van der Waals surface area contributed by atoms with Gasteiger partial charge in [0.05, 0.1) is 14.2 Å². The summed E-state index contributed by atoms with van der Waals surface area (Å²) in [5.41, 5.74) is 8.55. The molecular weight excluding hydrogens is 428 g/mol. The van der Waals surface area contributed by atoms with Crippen LogP contribution in [-0.2, 0) is 11.3 Å². The van der Waals surface area contributed by atoms with Gasteiger partial charge in [-0.1, -0.05) is 30.3 Å². The molecule has 0 unspecified atom stereocenters. The highest BCUT2D eigenvalue weighted by molar-refractivity contribution is 5.95. The number of nitrogens with two attached hydrogens (primary N) is 1. The second-order valence-corrected chi connectivity index (χ2v) is 6.92. The van der Waals surface area contributed by atoms with Crippen molar-refractivity contribution in [3.8, 4) is 11.5 Å². The Labute approximate surface area is 193 Å². The van der Waals surface area contributed by atoms with Crippen molar-refractivity contribution in [1.82, 2.24) is 5.32 Å². The summed E-state index contributed by atoms with van der Waals surface area (Å²) in [7, 11) is 3.13. The van der Waals surface area contributed by atoms with Crippen molar-refractivity contribution >= 4 is 29.8 Å². The number of halogens is 1. The normalized spacial score (nSPS) is 10.9. The van der Waals surface area contributed by atoms with Crippen molar-refractivity contribution in [3.63, 3.8) is 0 Å². The molecule has 8 heteroatoms. The van der Waals surface area contributed by atoms with Crippen molar-refractivity contribution in [3.05, 3.63) is 89.5 Å². The summed E-state index contributed by atoms with van der Waals surface area (Å²) in [6.07, 6.45) is 0. The second-order valence-electron chi connectivity index (χ2n) is 6.92. The highest BCUT2D eigenvalue weighted by Crippen LogP contribution is 2.29. The Morgan fingerprint density at radius 3 is 2.09 bits per heavy atom. The summed E-state index contributed by atoms with van der Waals surface area (Å²) in [5, 5.41) is 13.8. The Kier molecular flexibility index (Phi) is 8.92. The predicted molar refractivity (Wildman–Crippen MR) is 129 cm³/mol. The third-order valence-corrected chi connectivity index (χ3v) is 4.79. The fourth-order valence-corrected chi connectivity index (χ4v) is 3.10. The van der Waals surface area contributed by atoms with Crippen LogP contribution in [0.15, 0.2) is 72.8 Å².